The van der Waals surface area contributed by atoms with Crippen molar-refractivity contribution in [2.75, 3.05) is 5.32 Å². The number of carboxylic acid groups (broad SMARTS) is 1. The van der Waals surface area contributed by atoms with Crippen LogP contribution < -0.4 is 11.1 Å². The number of rotatable bonds is 4. The van der Waals surface area contributed by atoms with Crippen LogP contribution in [0.25, 0.3) is 10.9 Å². The number of anilines is 1. The average molecular weight is 285 g/mol. The summed E-state index contributed by atoms with van der Waals surface area (Å²) in [5.74, 6) is -1.54. The van der Waals surface area contributed by atoms with Crippen LogP contribution in [0.15, 0.2) is 30.5 Å². The van der Waals surface area contributed by atoms with Crippen molar-refractivity contribution < 1.29 is 14.7 Å². The van der Waals surface area contributed by atoms with Crippen LogP contribution in [-0.2, 0) is 4.79 Å². The Morgan fingerprint density at radius 1 is 1.29 bits per heavy atom. The van der Waals surface area contributed by atoms with Crippen LogP contribution in [0, 0.1) is 0 Å². The molecule has 6 heteroatoms. The summed E-state index contributed by atoms with van der Waals surface area (Å²) in [6.07, 6.45) is 3.28. The molecular formula is C15H15N3O3. The minimum atomic E-state index is -1.02. The van der Waals surface area contributed by atoms with Crippen LogP contribution in [0.1, 0.15) is 29.6 Å². The van der Waals surface area contributed by atoms with E-state index >= 15 is 0 Å². The Balaban J connectivity index is 2.17. The van der Waals surface area contributed by atoms with Crippen LogP contribution in [0.3, 0.4) is 0 Å². The molecule has 0 atom stereocenters. The van der Waals surface area contributed by atoms with Gasteiger partial charge in [0.2, 0.25) is 0 Å². The fraction of sp³-hybridized carbons (Fsp3) is 0.267. The van der Waals surface area contributed by atoms with E-state index in [0.717, 1.165) is 6.42 Å². The van der Waals surface area contributed by atoms with E-state index in [1.54, 1.807) is 12.1 Å². The molecule has 1 aliphatic rings. The number of nitrogens with zero attached hydrogens (tertiary/aromatic N) is 1. The molecule has 0 spiro atoms. The van der Waals surface area contributed by atoms with E-state index in [1.807, 2.05) is 12.1 Å². The average Bonchev–Trinajstić information content (AvgIpc) is 2.41. The molecule has 0 saturated heterocycles. The number of amides is 1. The lowest BCUT2D eigenvalue weighted by Crippen LogP contribution is -2.52. The Bertz CT molecular complexity index is 738. The predicted octanol–water partition coefficient (Wildman–Crippen LogP) is 1.75. The smallest absolute Gasteiger partial charge is 0.329 e. The third-order valence-corrected chi connectivity index (χ3v) is 4.02. The van der Waals surface area contributed by atoms with Gasteiger partial charge in [-0.3, -0.25) is 9.78 Å². The number of primary amides is 1. The van der Waals surface area contributed by atoms with Gasteiger partial charge in [-0.15, -0.1) is 0 Å². The number of aromatic nitrogens is 1. The number of pyridine rings is 1. The number of carboxylic acids is 1. The number of benzene rings is 1. The minimum Gasteiger partial charge on any atom is -0.480 e. The molecule has 0 radical (unpaired) electrons. The topological polar surface area (TPSA) is 105 Å². The molecule has 0 aliphatic heterocycles. The molecule has 3 rings (SSSR count). The Labute approximate surface area is 121 Å². The van der Waals surface area contributed by atoms with Crippen LogP contribution >= 0.6 is 0 Å². The Kier molecular flexibility index (Phi) is 3.01. The highest BCUT2D eigenvalue weighted by molar-refractivity contribution is 6.07. The highest BCUT2D eigenvalue weighted by Gasteiger charge is 2.45. The molecule has 1 amide bonds. The molecule has 21 heavy (non-hydrogen) atoms. The molecule has 1 saturated carbocycles. The van der Waals surface area contributed by atoms with Gasteiger partial charge in [-0.2, -0.15) is 0 Å². The summed E-state index contributed by atoms with van der Waals surface area (Å²) < 4.78 is 0. The molecule has 1 aromatic heterocycles. The minimum absolute atomic E-state index is 0.209. The van der Waals surface area contributed by atoms with Crippen LogP contribution in [0.5, 0.6) is 0 Å². The summed E-state index contributed by atoms with van der Waals surface area (Å²) in [5.41, 5.74) is 5.72. The summed E-state index contributed by atoms with van der Waals surface area (Å²) in [6, 6.07) is 7.25. The van der Waals surface area contributed by atoms with Crippen molar-refractivity contribution in [2.24, 2.45) is 5.73 Å². The number of carbonyl (C=O) groups excluding carboxylic acids is 1. The lowest BCUT2D eigenvalue weighted by molar-refractivity contribution is -0.145. The number of aliphatic carboxylic acids is 1. The first-order valence-electron chi connectivity index (χ1n) is 6.73. The van der Waals surface area contributed by atoms with Crippen LogP contribution in [0.4, 0.5) is 5.69 Å². The van der Waals surface area contributed by atoms with Crippen molar-refractivity contribution in [2.45, 2.75) is 24.8 Å². The number of nitrogens with two attached hydrogens (primary N) is 1. The van der Waals surface area contributed by atoms with Crippen molar-refractivity contribution in [3.8, 4) is 0 Å². The molecule has 6 nitrogen and oxygen atoms in total. The van der Waals surface area contributed by atoms with E-state index in [9.17, 15) is 14.7 Å². The standard InChI is InChI=1S/C15H15N3O3/c16-13(19)10-8-17-11-5-2-1-4-9(11)12(10)18-15(14(20)21)6-3-7-15/h1-2,4-5,8H,3,6-7H2,(H2,16,19)(H,17,18)(H,20,21). The van der Waals surface area contributed by atoms with Gasteiger partial charge in [0.25, 0.3) is 5.91 Å². The predicted molar refractivity (Wildman–Crippen MR) is 78.1 cm³/mol. The molecule has 1 fully saturated rings. The van der Waals surface area contributed by atoms with Gasteiger partial charge in [-0.1, -0.05) is 18.2 Å². The quantitative estimate of drug-likeness (QED) is 0.793. The molecule has 0 bridgehead atoms. The molecule has 1 aliphatic carbocycles. The first kappa shape index (κ1) is 13.4. The Morgan fingerprint density at radius 3 is 2.57 bits per heavy atom. The SMILES string of the molecule is NC(=O)c1cnc2ccccc2c1NC1(C(=O)O)CCC1. The maximum atomic E-state index is 11.6. The zero-order valence-electron chi connectivity index (χ0n) is 11.3. The highest BCUT2D eigenvalue weighted by Crippen LogP contribution is 2.38. The summed E-state index contributed by atoms with van der Waals surface area (Å²) in [5, 5.41) is 13.2. The van der Waals surface area contributed by atoms with Gasteiger partial charge < -0.3 is 16.2 Å². The summed E-state index contributed by atoms with van der Waals surface area (Å²) in [7, 11) is 0. The van der Waals surface area contributed by atoms with Gasteiger partial charge in [0.1, 0.15) is 5.54 Å². The maximum absolute atomic E-state index is 11.6. The van der Waals surface area contributed by atoms with Crippen LogP contribution in [-0.4, -0.2) is 27.5 Å². The van der Waals surface area contributed by atoms with Gasteiger partial charge >= 0.3 is 5.97 Å². The molecular weight excluding hydrogens is 270 g/mol. The normalized spacial score (nSPS) is 16.2. The third-order valence-electron chi connectivity index (χ3n) is 4.02. The number of fused-ring (bicyclic) bond motifs is 1. The number of para-hydroxylation sites is 1. The monoisotopic (exact) mass is 285 g/mol. The molecule has 108 valence electrons. The van der Waals surface area contributed by atoms with E-state index in [-0.39, 0.29) is 5.56 Å². The zero-order chi connectivity index (χ0) is 15.0. The van der Waals surface area contributed by atoms with E-state index in [0.29, 0.717) is 29.4 Å². The van der Waals surface area contributed by atoms with Gasteiger partial charge in [-0.05, 0) is 25.3 Å². The first-order valence-corrected chi connectivity index (χ1v) is 6.73. The maximum Gasteiger partial charge on any atom is 0.329 e. The fourth-order valence-electron chi connectivity index (χ4n) is 2.62. The van der Waals surface area contributed by atoms with Gasteiger partial charge in [0.15, 0.2) is 0 Å². The van der Waals surface area contributed by atoms with Crippen molar-refractivity contribution in [3.05, 3.63) is 36.0 Å². The van der Waals surface area contributed by atoms with Crippen molar-refractivity contribution in [3.63, 3.8) is 0 Å². The van der Waals surface area contributed by atoms with E-state index in [1.165, 1.54) is 6.20 Å². The highest BCUT2D eigenvalue weighted by atomic mass is 16.4. The largest absolute Gasteiger partial charge is 0.480 e. The fourth-order valence-corrected chi connectivity index (χ4v) is 2.62. The first-order chi connectivity index (χ1) is 10.0. The molecule has 0 unspecified atom stereocenters. The number of hydrogen-bond acceptors (Lipinski definition) is 4. The zero-order valence-corrected chi connectivity index (χ0v) is 11.3. The van der Waals surface area contributed by atoms with Gasteiger partial charge in [-0.25, -0.2) is 4.79 Å². The molecule has 2 aromatic rings. The Hall–Kier alpha value is -2.63. The number of hydrogen-bond donors (Lipinski definition) is 3. The second-order valence-corrected chi connectivity index (χ2v) is 5.29. The van der Waals surface area contributed by atoms with E-state index in [2.05, 4.69) is 10.3 Å². The van der Waals surface area contributed by atoms with E-state index < -0.39 is 17.4 Å². The number of carbonyl (C=O) groups is 2. The van der Waals surface area contributed by atoms with Crippen molar-refractivity contribution in [1.82, 2.24) is 4.98 Å². The van der Waals surface area contributed by atoms with E-state index in [4.69, 9.17) is 5.73 Å². The lowest BCUT2D eigenvalue weighted by Gasteiger charge is -2.39. The Morgan fingerprint density at radius 2 is 2.00 bits per heavy atom. The van der Waals surface area contributed by atoms with Crippen molar-refractivity contribution in [1.29, 1.82) is 0 Å². The summed E-state index contributed by atoms with van der Waals surface area (Å²) in [6.45, 7) is 0. The number of nitrogens with one attached hydrogen (secondary N) is 1. The van der Waals surface area contributed by atoms with Gasteiger partial charge in [0, 0.05) is 11.6 Å². The van der Waals surface area contributed by atoms with Crippen molar-refractivity contribution >= 4 is 28.5 Å². The summed E-state index contributed by atoms with van der Waals surface area (Å²) >= 11 is 0. The molecule has 1 aromatic carbocycles. The molecule has 1 heterocycles. The van der Waals surface area contributed by atoms with Gasteiger partial charge in [0.05, 0.1) is 16.8 Å². The summed E-state index contributed by atoms with van der Waals surface area (Å²) in [4.78, 5) is 27.3. The lowest BCUT2D eigenvalue weighted by atomic mass is 9.76. The second kappa shape index (κ2) is 4.73. The third kappa shape index (κ3) is 2.08. The second-order valence-electron chi connectivity index (χ2n) is 5.29. The molecule has 4 N–H and O–H groups in total. The van der Waals surface area contributed by atoms with Crippen LogP contribution in [0.2, 0.25) is 0 Å².